The van der Waals surface area contributed by atoms with Crippen LogP contribution < -0.4 is 10.9 Å². The SMILES string of the molecule is CC(=O)Nc1ccc(C(=O)COC(=O)CCc2nc3ccccc3n(CCc3ccccc3)c2=O)cc1. The van der Waals surface area contributed by atoms with Gasteiger partial charge in [0, 0.05) is 31.1 Å². The Bertz CT molecular complexity index is 1480. The van der Waals surface area contributed by atoms with Crippen LogP contribution in [0.1, 0.15) is 35.0 Å². The van der Waals surface area contributed by atoms with Crippen LogP contribution in [0.3, 0.4) is 0 Å². The summed E-state index contributed by atoms with van der Waals surface area (Å²) in [6, 6.07) is 23.6. The van der Waals surface area contributed by atoms with E-state index in [4.69, 9.17) is 4.74 Å². The van der Waals surface area contributed by atoms with Crippen LogP contribution in [0.5, 0.6) is 0 Å². The monoisotopic (exact) mass is 497 g/mol. The Balaban J connectivity index is 1.38. The second kappa shape index (κ2) is 11.9. The van der Waals surface area contributed by atoms with Crippen LogP contribution in [0.15, 0.2) is 83.7 Å². The van der Waals surface area contributed by atoms with Gasteiger partial charge in [-0.05, 0) is 48.4 Å². The molecule has 0 saturated heterocycles. The molecule has 0 aliphatic rings. The van der Waals surface area contributed by atoms with Gasteiger partial charge in [-0.15, -0.1) is 0 Å². The number of carbonyl (C=O) groups is 3. The van der Waals surface area contributed by atoms with Crippen molar-refractivity contribution in [2.45, 2.75) is 32.7 Å². The van der Waals surface area contributed by atoms with E-state index in [1.54, 1.807) is 28.8 Å². The number of ketones is 1. The molecule has 0 atom stereocenters. The van der Waals surface area contributed by atoms with E-state index in [1.165, 1.54) is 6.92 Å². The quantitative estimate of drug-likeness (QED) is 0.263. The van der Waals surface area contributed by atoms with Gasteiger partial charge in [0.25, 0.3) is 5.56 Å². The largest absolute Gasteiger partial charge is 0.457 e. The number of esters is 1. The number of para-hydroxylation sites is 2. The first-order valence-electron chi connectivity index (χ1n) is 12.0. The Kier molecular flexibility index (Phi) is 8.20. The molecule has 0 aliphatic heterocycles. The zero-order chi connectivity index (χ0) is 26.2. The highest BCUT2D eigenvalue weighted by molar-refractivity contribution is 5.98. The Morgan fingerprint density at radius 1 is 0.892 bits per heavy atom. The number of benzene rings is 3. The zero-order valence-electron chi connectivity index (χ0n) is 20.5. The summed E-state index contributed by atoms with van der Waals surface area (Å²) >= 11 is 0. The van der Waals surface area contributed by atoms with E-state index in [0.29, 0.717) is 29.7 Å². The van der Waals surface area contributed by atoms with Gasteiger partial charge in [-0.25, -0.2) is 4.98 Å². The third-order valence-electron chi connectivity index (χ3n) is 5.84. The normalized spacial score (nSPS) is 10.7. The number of anilines is 1. The summed E-state index contributed by atoms with van der Waals surface area (Å²) in [7, 11) is 0. The molecule has 0 radical (unpaired) electrons. The summed E-state index contributed by atoms with van der Waals surface area (Å²) in [4.78, 5) is 53.5. The molecule has 0 spiro atoms. The molecule has 1 N–H and O–H groups in total. The molecule has 188 valence electrons. The summed E-state index contributed by atoms with van der Waals surface area (Å²) in [5.41, 5.74) is 3.51. The van der Waals surface area contributed by atoms with Gasteiger partial charge in [-0.2, -0.15) is 0 Å². The lowest BCUT2D eigenvalue weighted by molar-refractivity contribution is -0.142. The predicted octanol–water partition coefficient (Wildman–Crippen LogP) is 3.96. The van der Waals surface area contributed by atoms with Crippen LogP contribution in [-0.2, 0) is 33.7 Å². The van der Waals surface area contributed by atoms with Crippen molar-refractivity contribution in [3.05, 3.63) is 106 Å². The Morgan fingerprint density at radius 3 is 2.32 bits per heavy atom. The van der Waals surface area contributed by atoms with E-state index in [9.17, 15) is 19.2 Å². The first-order chi connectivity index (χ1) is 17.9. The maximum Gasteiger partial charge on any atom is 0.306 e. The highest BCUT2D eigenvalue weighted by Crippen LogP contribution is 2.13. The maximum absolute atomic E-state index is 13.2. The molecule has 8 nitrogen and oxygen atoms in total. The number of hydrogen-bond donors (Lipinski definition) is 1. The minimum Gasteiger partial charge on any atom is -0.457 e. The van der Waals surface area contributed by atoms with Crippen LogP contribution in [0.2, 0.25) is 0 Å². The fourth-order valence-electron chi connectivity index (χ4n) is 3.98. The van der Waals surface area contributed by atoms with Crippen molar-refractivity contribution >= 4 is 34.4 Å². The van der Waals surface area contributed by atoms with Crippen molar-refractivity contribution in [1.82, 2.24) is 9.55 Å². The molecule has 37 heavy (non-hydrogen) atoms. The molecule has 0 saturated carbocycles. The van der Waals surface area contributed by atoms with Gasteiger partial charge >= 0.3 is 5.97 Å². The lowest BCUT2D eigenvalue weighted by Gasteiger charge is -2.12. The minimum absolute atomic E-state index is 0.0754. The molecule has 0 fully saturated rings. The lowest BCUT2D eigenvalue weighted by Crippen LogP contribution is -2.27. The summed E-state index contributed by atoms with van der Waals surface area (Å²) in [6.45, 7) is 1.47. The Hall–Kier alpha value is -4.59. The average molecular weight is 498 g/mol. The number of hydrogen-bond acceptors (Lipinski definition) is 6. The smallest absolute Gasteiger partial charge is 0.306 e. The van der Waals surface area contributed by atoms with Crippen molar-refractivity contribution in [1.29, 1.82) is 0 Å². The summed E-state index contributed by atoms with van der Waals surface area (Å²) in [5.74, 6) is -1.17. The fraction of sp³-hybridized carbons (Fsp3) is 0.207. The van der Waals surface area contributed by atoms with Crippen LogP contribution in [0.4, 0.5) is 5.69 Å². The highest BCUT2D eigenvalue weighted by atomic mass is 16.5. The second-order valence-electron chi connectivity index (χ2n) is 8.58. The number of nitrogens with zero attached hydrogens (tertiary/aromatic N) is 2. The topological polar surface area (TPSA) is 107 Å². The van der Waals surface area contributed by atoms with Gasteiger partial charge in [-0.1, -0.05) is 42.5 Å². The molecule has 1 aromatic heterocycles. The molecular weight excluding hydrogens is 470 g/mol. The van der Waals surface area contributed by atoms with Gasteiger partial charge in [0.1, 0.15) is 5.69 Å². The molecule has 0 unspecified atom stereocenters. The second-order valence-corrected chi connectivity index (χ2v) is 8.58. The van der Waals surface area contributed by atoms with E-state index in [-0.39, 0.29) is 35.8 Å². The van der Waals surface area contributed by atoms with Crippen molar-refractivity contribution in [2.75, 3.05) is 11.9 Å². The van der Waals surface area contributed by atoms with E-state index in [1.807, 2.05) is 54.6 Å². The fourth-order valence-corrected chi connectivity index (χ4v) is 3.98. The van der Waals surface area contributed by atoms with E-state index < -0.39 is 12.6 Å². The molecule has 1 amide bonds. The number of aromatic nitrogens is 2. The van der Waals surface area contributed by atoms with Crippen LogP contribution in [0.25, 0.3) is 11.0 Å². The van der Waals surface area contributed by atoms with Gasteiger partial charge in [-0.3, -0.25) is 19.2 Å². The number of rotatable bonds is 10. The molecule has 4 aromatic rings. The Labute approximate surface area is 213 Å². The maximum atomic E-state index is 13.2. The first-order valence-corrected chi connectivity index (χ1v) is 12.0. The number of ether oxygens (including phenoxy) is 1. The van der Waals surface area contributed by atoms with Crippen LogP contribution in [-0.4, -0.2) is 33.8 Å². The first kappa shape index (κ1) is 25.5. The summed E-state index contributed by atoms with van der Waals surface area (Å²) in [5, 5.41) is 2.62. The van der Waals surface area contributed by atoms with E-state index in [2.05, 4.69) is 10.3 Å². The van der Waals surface area contributed by atoms with Gasteiger partial charge in [0.2, 0.25) is 5.91 Å². The van der Waals surface area contributed by atoms with Crippen molar-refractivity contribution in [3.63, 3.8) is 0 Å². The van der Waals surface area contributed by atoms with Crippen LogP contribution >= 0.6 is 0 Å². The molecular formula is C29H27N3O5. The van der Waals surface area contributed by atoms with Gasteiger partial charge in [0.15, 0.2) is 12.4 Å². The van der Waals surface area contributed by atoms with Crippen molar-refractivity contribution < 1.29 is 19.1 Å². The molecule has 1 heterocycles. The zero-order valence-corrected chi connectivity index (χ0v) is 20.5. The van der Waals surface area contributed by atoms with Crippen molar-refractivity contribution in [2.24, 2.45) is 0 Å². The molecule has 3 aromatic carbocycles. The standard InChI is InChI=1S/C29H27N3O5/c1-20(33)30-23-13-11-22(12-14-23)27(34)19-37-28(35)16-15-25-29(36)32(18-17-21-7-3-2-4-8-21)26-10-6-5-9-24(26)31-25/h2-14H,15-19H2,1H3,(H,30,33). The number of aryl methyl sites for hydroxylation is 3. The van der Waals surface area contributed by atoms with E-state index >= 15 is 0 Å². The average Bonchev–Trinajstić information content (AvgIpc) is 2.90. The highest BCUT2D eigenvalue weighted by Gasteiger charge is 2.15. The molecule has 0 bridgehead atoms. The summed E-state index contributed by atoms with van der Waals surface area (Å²) < 4.78 is 6.84. The van der Waals surface area contributed by atoms with E-state index in [0.717, 1.165) is 11.1 Å². The number of carbonyl (C=O) groups excluding carboxylic acids is 3. The molecule has 4 rings (SSSR count). The third-order valence-corrected chi connectivity index (χ3v) is 5.84. The number of Topliss-reactive ketones (excluding diaryl/α,β-unsaturated/α-hetero) is 1. The van der Waals surface area contributed by atoms with Crippen molar-refractivity contribution in [3.8, 4) is 0 Å². The van der Waals surface area contributed by atoms with Crippen LogP contribution in [0, 0.1) is 0 Å². The predicted molar refractivity (Wildman–Crippen MR) is 141 cm³/mol. The lowest BCUT2D eigenvalue weighted by atomic mass is 10.1. The molecule has 0 aliphatic carbocycles. The summed E-state index contributed by atoms with van der Waals surface area (Å²) in [6.07, 6.45) is 0.714. The Morgan fingerprint density at radius 2 is 1.59 bits per heavy atom. The number of fused-ring (bicyclic) bond motifs is 1. The minimum atomic E-state index is -0.589. The third kappa shape index (κ3) is 6.76. The number of amides is 1. The van der Waals surface area contributed by atoms with Gasteiger partial charge in [0.05, 0.1) is 17.5 Å². The van der Waals surface area contributed by atoms with Gasteiger partial charge < -0.3 is 14.6 Å². The number of nitrogens with one attached hydrogen (secondary N) is 1. The molecule has 8 heteroatoms.